The van der Waals surface area contributed by atoms with Crippen LogP contribution in [0.3, 0.4) is 0 Å². The lowest BCUT2D eigenvalue weighted by Crippen LogP contribution is -2.23. The van der Waals surface area contributed by atoms with E-state index in [0.717, 1.165) is 30.3 Å². The Morgan fingerprint density at radius 2 is 2.10 bits per heavy atom. The van der Waals surface area contributed by atoms with Crippen LogP contribution in [0.25, 0.3) is 5.52 Å². The van der Waals surface area contributed by atoms with Crippen molar-refractivity contribution in [3.8, 4) is 5.88 Å². The number of esters is 2. The fraction of sp³-hybridized carbons (Fsp3) is 0.267. The van der Waals surface area contributed by atoms with E-state index in [4.69, 9.17) is 4.74 Å². The van der Waals surface area contributed by atoms with Crippen LogP contribution in [-0.2, 0) is 25.5 Å². The third-order valence-electron chi connectivity index (χ3n) is 3.02. The predicted molar refractivity (Wildman–Crippen MR) is 73.8 cm³/mol. The quantitative estimate of drug-likeness (QED) is 0.364. The molecule has 0 unspecified atom stereocenters. The molecule has 0 aromatic carbocycles. The van der Waals surface area contributed by atoms with Gasteiger partial charge in [-0.3, -0.25) is 9.20 Å². The van der Waals surface area contributed by atoms with Gasteiger partial charge in [-0.1, -0.05) is 19.4 Å². The third-order valence-corrected chi connectivity index (χ3v) is 3.02. The van der Waals surface area contributed by atoms with Gasteiger partial charge in [0, 0.05) is 17.3 Å². The summed E-state index contributed by atoms with van der Waals surface area (Å²) in [6.45, 7) is 1.96. The Balaban J connectivity index is 2.33. The van der Waals surface area contributed by atoms with Crippen LogP contribution in [0.1, 0.15) is 25.3 Å². The van der Waals surface area contributed by atoms with Crippen LogP contribution in [0, 0.1) is 0 Å². The van der Waals surface area contributed by atoms with E-state index in [0.29, 0.717) is 0 Å². The highest BCUT2D eigenvalue weighted by molar-refractivity contribution is 6.31. The standard InChI is InChI=1S/C15H15NO5/c1-2-3-6-11-9-12-7-4-5-8-16(12)13(11)21-15(19)14(18)20-10-17/h4-5,7-10H,2-3,6H2,1H3. The average Bonchev–Trinajstić information content (AvgIpc) is 2.83. The molecule has 0 fully saturated rings. The smallest absolute Gasteiger partial charge is 0.400 e. The molecule has 2 heterocycles. The Morgan fingerprint density at radius 3 is 2.81 bits per heavy atom. The maximum atomic E-state index is 11.6. The topological polar surface area (TPSA) is 74.1 Å². The van der Waals surface area contributed by atoms with Crippen LogP contribution >= 0.6 is 0 Å². The van der Waals surface area contributed by atoms with Gasteiger partial charge in [-0.15, -0.1) is 0 Å². The molecule has 0 spiro atoms. The number of unbranched alkanes of at least 4 members (excludes halogenated alkanes) is 1. The molecule has 2 rings (SSSR count). The maximum Gasteiger partial charge on any atom is 0.425 e. The number of carbonyl (C=O) groups excluding carboxylic acids is 3. The second-order valence-electron chi connectivity index (χ2n) is 4.46. The van der Waals surface area contributed by atoms with Crippen molar-refractivity contribution < 1.29 is 23.9 Å². The SMILES string of the molecule is CCCCc1cc2ccccn2c1OC(=O)C(=O)OC=O. The second kappa shape index (κ2) is 6.69. The molecule has 0 saturated heterocycles. The molecule has 110 valence electrons. The van der Waals surface area contributed by atoms with Crippen LogP contribution in [0.15, 0.2) is 30.5 Å². The first-order valence-corrected chi connectivity index (χ1v) is 6.62. The summed E-state index contributed by atoms with van der Waals surface area (Å²) in [4.78, 5) is 32.9. The van der Waals surface area contributed by atoms with Gasteiger partial charge in [0.1, 0.15) is 0 Å². The summed E-state index contributed by atoms with van der Waals surface area (Å²) in [6, 6.07) is 7.43. The van der Waals surface area contributed by atoms with E-state index in [2.05, 4.69) is 11.7 Å². The molecular weight excluding hydrogens is 274 g/mol. The van der Waals surface area contributed by atoms with E-state index in [-0.39, 0.29) is 12.4 Å². The van der Waals surface area contributed by atoms with Gasteiger partial charge in [-0.2, -0.15) is 0 Å². The largest absolute Gasteiger partial charge is 0.425 e. The van der Waals surface area contributed by atoms with Gasteiger partial charge in [0.25, 0.3) is 0 Å². The summed E-state index contributed by atoms with van der Waals surface area (Å²) >= 11 is 0. The van der Waals surface area contributed by atoms with Gasteiger partial charge in [-0.05, 0) is 31.0 Å². The molecule has 0 aliphatic rings. The second-order valence-corrected chi connectivity index (χ2v) is 4.46. The molecule has 0 amide bonds. The number of carbonyl (C=O) groups is 3. The van der Waals surface area contributed by atoms with E-state index in [1.165, 1.54) is 0 Å². The van der Waals surface area contributed by atoms with Crippen molar-refractivity contribution in [1.29, 1.82) is 0 Å². The molecule has 0 saturated carbocycles. The number of aromatic nitrogens is 1. The first-order chi connectivity index (χ1) is 10.2. The molecule has 2 aromatic rings. The number of pyridine rings is 1. The van der Waals surface area contributed by atoms with Gasteiger partial charge >= 0.3 is 18.4 Å². The van der Waals surface area contributed by atoms with Gasteiger partial charge in [0.2, 0.25) is 5.88 Å². The number of fused-ring (bicyclic) bond motifs is 1. The number of rotatable bonds is 5. The predicted octanol–water partition coefficient (Wildman–Crippen LogP) is 1.89. The molecule has 0 radical (unpaired) electrons. The van der Waals surface area contributed by atoms with Crippen molar-refractivity contribution >= 4 is 23.9 Å². The highest BCUT2D eigenvalue weighted by atomic mass is 16.6. The van der Waals surface area contributed by atoms with Gasteiger partial charge in [0.15, 0.2) is 0 Å². The van der Waals surface area contributed by atoms with Crippen molar-refractivity contribution in [2.45, 2.75) is 26.2 Å². The summed E-state index contributed by atoms with van der Waals surface area (Å²) in [7, 11) is 0. The summed E-state index contributed by atoms with van der Waals surface area (Å²) in [5.41, 5.74) is 1.69. The number of hydrogen-bond donors (Lipinski definition) is 0. The van der Waals surface area contributed by atoms with Crippen LogP contribution < -0.4 is 4.74 Å². The molecule has 0 aliphatic heterocycles. The minimum absolute atomic E-state index is 0.0994. The van der Waals surface area contributed by atoms with Crippen molar-refractivity contribution in [3.63, 3.8) is 0 Å². The van der Waals surface area contributed by atoms with E-state index in [9.17, 15) is 14.4 Å². The van der Waals surface area contributed by atoms with Crippen molar-refractivity contribution in [2.75, 3.05) is 0 Å². The van der Waals surface area contributed by atoms with Crippen LogP contribution in [0.2, 0.25) is 0 Å². The van der Waals surface area contributed by atoms with Gasteiger partial charge < -0.3 is 9.47 Å². The van der Waals surface area contributed by atoms with Gasteiger partial charge in [0.05, 0.1) is 0 Å². The van der Waals surface area contributed by atoms with Crippen LogP contribution in [0.5, 0.6) is 5.88 Å². The van der Waals surface area contributed by atoms with Crippen molar-refractivity contribution in [1.82, 2.24) is 4.40 Å². The fourth-order valence-corrected chi connectivity index (χ4v) is 2.04. The number of hydrogen-bond acceptors (Lipinski definition) is 5. The van der Waals surface area contributed by atoms with Crippen molar-refractivity contribution in [3.05, 3.63) is 36.0 Å². The van der Waals surface area contributed by atoms with E-state index < -0.39 is 11.9 Å². The molecule has 6 nitrogen and oxygen atoms in total. The molecule has 0 N–H and O–H groups in total. The lowest BCUT2D eigenvalue weighted by Gasteiger charge is -2.06. The Morgan fingerprint density at radius 1 is 1.29 bits per heavy atom. The van der Waals surface area contributed by atoms with Crippen LogP contribution in [-0.4, -0.2) is 22.8 Å². The van der Waals surface area contributed by atoms with Crippen LogP contribution in [0.4, 0.5) is 0 Å². The van der Waals surface area contributed by atoms with Crippen molar-refractivity contribution in [2.24, 2.45) is 0 Å². The minimum Gasteiger partial charge on any atom is -0.400 e. The maximum absolute atomic E-state index is 11.6. The number of ether oxygens (including phenoxy) is 2. The number of aryl methyl sites for hydroxylation is 1. The Bertz CT molecular complexity index is 674. The normalized spacial score (nSPS) is 10.3. The zero-order valence-electron chi connectivity index (χ0n) is 11.6. The monoisotopic (exact) mass is 289 g/mol. The molecule has 6 heteroatoms. The first kappa shape index (κ1) is 14.8. The lowest BCUT2D eigenvalue weighted by atomic mass is 10.1. The Labute approximate surface area is 121 Å². The fourth-order valence-electron chi connectivity index (χ4n) is 2.04. The molecule has 0 aliphatic carbocycles. The average molecular weight is 289 g/mol. The minimum atomic E-state index is -1.34. The summed E-state index contributed by atoms with van der Waals surface area (Å²) < 4.78 is 10.8. The first-order valence-electron chi connectivity index (χ1n) is 6.62. The molecule has 0 bridgehead atoms. The van der Waals surface area contributed by atoms with E-state index >= 15 is 0 Å². The summed E-state index contributed by atoms with van der Waals surface area (Å²) in [6.07, 6.45) is 4.38. The van der Waals surface area contributed by atoms with E-state index in [1.807, 2.05) is 18.2 Å². The number of nitrogens with zero attached hydrogens (tertiary/aromatic N) is 1. The van der Waals surface area contributed by atoms with E-state index in [1.54, 1.807) is 16.7 Å². The molecule has 21 heavy (non-hydrogen) atoms. The lowest BCUT2D eigenvalue weighted by molar-refractivity contribution is -0.164. The summed E-state index contributed by atoms with van der Waals surface area (Å²) in [5.74, 6) is -2.27. The zero-order chi connectivity index (χ0) is 15.2. The molecule has 0 atom stereocenters. The Hall–Kier alpha value is -2.63. The third kappa shape index (κ3) is 3.28. The van der Waals surface area contributed by atoms with Gasteiger partial charge in [-0.25, -0.2) is 9.59 Å². The molecule has 2 aromatic heterocycles. The Kier molecular flexibility index (Phi) is 4.71. The highest BCUT2D eigenvalue weighted by Crippen LogP contribution is 2.26. The molecular formula is C15H15NO5. The highest BCUT2D eigenvalue weighted by Gasteiger charge is 2.22. The zero-order valence-corrected chi connectivity index (χ0v) is 11.6. The summed E-state index contributed by atoms with van der Waals surface area (Å²) in [5, 5.41) is 0.